The number of benzene rings is 1. The van der Waals surface area contributed by atoms with E-state index in [-0.39, 0.29) is 0 Å². The molecule has 0 N–H and O–H groups in total. The van der Waals surface area contributed by atoms with E-state index in [1.54, 1.807) is 0 Å². The average molecular weight is 416 g/mol. The fourth-order valence-corrected chi connectivity index (χ4v) is 5.08. The van der Waals surface area contributed by atoms with Crippen LogP contribution in [0.2, 0.25) is 0 Å². The number of likely N-dealkylation sites (N-methyl/N-ethyl adjacent to an activating group) is 1. The number of hydrogen-bond donors (Lipinski definition) is 0. The van der Waals surface area contributed by atoms with Gasteiger partial charge in [-0.1, -0.05) is 12.1 Å². The van der Waals surface area contributed by atoms with E-state index in [1.807, 2.05) is 0 Å². The molecule has 6 nitrogen and oxygen atoms in total. The van der Waals surface area contributed by atoms with Crippen LogP contribution in [0.4, 0.5) is 0 Å². The van der Waals surface area contributed by atoms with E-state index in [0.29, 0.717) is 24.7 Å². The summed E-state index contributed by atoms with van der Waals surface area (Å²) in [6.07, 6.45) is 8.32. The minimum Gasteiger partial charge on any atom is -0.406 e. The van der Waals surface area contributed by atoms with Crippen molar-refractivity contribution in [3.63, 3.8) is 0 Å². The third-order valence-electron chi connectivity index (χ3n) is 6.84. The molecule has 30 heavy (non-hydrogen) atoms. The van der Waals surface area contributed by atoms with Crippen LogP contribution < -0.4 is 4.84 Å². The van der Waals surface area contributed by atoms with Gasteiger partial charge < -0.3 is 19.3 Å². The summed E-state index contributed by atoms with van der Waals surface area (Å²) in [4.78, 5) is 21.5. The largest absolute Gasteiger partial charge is 0.406 e. The first-order valence-corrected chi connectivity index (χ1v) is 11.7. The highest BCUT2D eigenvalue weighted by molar-refractivity contribution is 5.51. The second-order valence-electron chi connectivity index (χ2n) is 9.20. The van der Waals surface area contributed by atoms with Crippen molar-refractivity contribution in [2.45, 2.75) is 56.7 Å². The van der Waals surface area contributed by atoms with E-state index in [1.165, 1.54) is 24.9 Å². The van der Waals surface area contributed by atoms with Gasteiger partial charge in [-0.25, -0.2) is 0 Å². The van der Waals surface area contributed by atoms with Crippen LogP contribution in [0.3, 0.4) is 0 Å². The Labute approximate surface area is 181 Å². The topological polar surface area (TPSA) is 45.2 Å². The van der Waals surface area contributed by atoms with Crippen molar-refractivity contribution in [2.75, 3.05) is 52.9 Å². The number of ether oxygens (including phenoxy) is 1. The molecule has 6 heteroatoms. The average Bonchev–Trinajstić information content (AvgIpc) is 2.77. The molecule has 1 unspecified atom stereocenters. The first-order chi connectivity index (χ1) is 14.7. The third kappa shape index (κ3) is 6.03. The molecule has 4 rings (SSSR count). The SMILES string of the molecule is CN1CCCC(c2cccc(ON3CCC(OC4CCN(CC=O)CC4)CC3)c2)C1. The minimum atomic E-state index is 0.330. The lowest BCUT2D eigenvalue weighted by atomic mass is 9.91. The van der Waals surface area contributed by atoms with Crippen LogP contribution in [0.15, 0.2) is 24.3 Å². The van der Waals surface area contributed by atoms with E-state index in [0.717, 1.165) is 70.4 Å². The van der Waals surface area contributed by atoms with E-state index in [9.17, 15) is 4.79 Å². The van der Waals surface area contributed by atoms with Crippen LogP contribution in [0.5, 0.6) is 5.75 Å². The summed E-state index contributed by atoms with van der Waals surface area (Å²) in [5.41, 5.74) is 1.40. The van der Waals surface area contributed by atoms with E-state index < -0.39 is 0 Å². The number of hydrogen-bond acceptors (Lipinski definition) is 6. The molecular weight excluding hydrogens is 378 g/mol. The van der Waals surface area contributed by atoms with Gasteiger partial charge >= 0.3 is 0 Å². The number of carbonyl (C=O) groups excluding carboxylic acids is 1. The molecule has 0 amide bonds. The maximum Gasteiger partial charge on any atom is 0.147 e. The van der Waals surface area contributed by atoms with Crippen molar-refractivity contribution >= 4 is 6.29 Å². The number of piperidine rings is 3. The van der Waals surface area contributed by atoms with E-state index in [2.05, 4.69) is 46.2 Å². The van der Waals surface area contributed by atoms with Gasteiger partial charge in [0, 0.05) is 32.7 Å². The molecule has 1 aromatic carbocycles. The van der Waals surface area contributed by atoms with Gasteiger partial charge in [0.05, 0.1) is 18.8 Å². The first-order valence-electron chi connectivity index (χ1n) is 11.7. The van der Waals surface area contributed by atoms with Crippen molar-refractivity contribution in [1.82, 2.24) is 14.9 Å². The zero-order valence-corrected chi connectivity index (χ0v) is 18.4. The number of hydroxylamine groups is 2. The zero-order chi connectivity index (χ0) is 20.8. The van der Waals surface area contributed by atoms with Gasteiger partial charge in [-0.05, 0) is 75.7 Å². The molecule has 0 saturated carbocycles. The first kappa shape index (κ1) is 21.8. The molecule has 166 valence electrons. The number of aldehydes is 1. The smallest absolute Gasteiger partial charge is 0.147 e. The summed E-state index contributed by atoms with van der Waals surface area (Å²) < 4.78 is 6.36. The Kier molecular flexibility index (Phi) is 7.77. The molecule has 3 aliphatic heterocycles. The van der Waals surface area contributed by atoms with E-state index in [4.69, 9.17) is 9.57 Å². The number of carbonyl (C=O) groups is 1. The molecular formula is C24H37N3O3. The second kappa shape index (κ2) is 10.7. The quantitative estimate of drug-likeness (QED) is 0.638. The molecule has 0 spiro atoms. The van der Waals surface area contributed by atoms with Gasteiger partial charge in [-0.2, -0.15) is 0 Å². The van der Waals surface area contributed by atoms with Gasteiger partial charge in [0.1, 0.15) is 12.0 Å². The zero-order valence-electron chi connectivity index (χ0n) is 18.4. The number of nitrogens with zero attached hydrogens (tertiary/aromatic N) is 3. The highest BCUT2D eigenvalue weighted by Crippen LogP contribution is 2.29. The summed E-state index contributed by atoms with van der Waals surface area (Å²) in [5, 5.41) is 2.10. The molecule has 3 fully saturated rings. The Morgan fingerprint density at radius 1 is 1.00 bits per heavy atom. The molecule has 0 aromatic heterocycles. The van der Waals surface area contributed by atoms with Crippen molar-refractivity contribution in [3.05, 3.63) is 29.8 Å². The molecule has 1 atom stereocenters. The van der Waals surface area contributed by atoms with Gasteiger partial charge in [0.15, 0.2) is 0 Å². The third-order valence-corrected chi connectivity index (χ3v) is 6.84. The number of likely N-dealkylation sites (tertiary alicyclic amines) is 2. The molecule has 3 aliphatic rings. The highest BCUT2D eigenvalue weighted by Gasteiger charge is 2.27. The Morgan fingerprint density at radius 2 is 1.73 bits per heavy atom. The van der Waals surface area contributed by atoms with Crippen molar-refractivity contribution < 1.29 is 14.4 Å². The molecule has 0 aliphatic carbocycles. The van der Waals surface area contributed by atoms with Crippen LogP contribution in [0, 0.1) is 0 Å². The van der Waals surface area contributed by atoms with Crippen LogP contribution in [-0.4, -0.2) is 86.2 Å². The standard InChI is InChI=1S/C24H37N3O3/c1-25-11-3-5-21(19-25)20-4-2-6-24(18-20)30-27-14-9-23(10-15-27)29-22-7-12-26(13-8-22)16-17-28/h2,4,6,17-18,21-23H,3,5,7-16,19H2,1H3. The van der Waals surface area contributed by atoms with Crippen LogP contribution in [-0.2, 0) is 9.53 Å². The van der Waals surface area contributed by atoms with Gasteiger partial charge in [-0.15, -0.1) is 5.06 Å². The molecule has 0 bridgehead atoms. The molecule has 1 aromatic rings. The van der Waals surface area contributed by atoms with Crippen LogP contribution in [0.1, 0.15) is 50.0 Å². The Hall–Kier alpha value is -1.47. The van der Waals surface area contributed by atoms with Crippen LogP contribution >= 0.6 is 0 Å². The summed E-state index contributed by atoms with van der Waals surface area (Å²) in [6.45, 7) is 6.66. The lowest BCUT2D eigenvalue weighted by molar-refractivity contribution is -0.125. The lowest BCUT2D eigenvalue weighted by Crippen LogP contribution is -2.43. The predicted molar refractivity (Wildman–Crippen MR) is 118 cm³/mol. The maximum atomic E-state index is 10.7. The summed E-state index contributed by atoms with van der Waals surface area (Å²) in [5.74, 6) is 1.58. The summed E-state index contributed by atoms with van der Waals surface area (Å²) >= 11 is 0. The van der Waals surface area contributed by atoms with Crippen molar-refractivity contribution in [3.8, 4) is 5.75 Å². The van der Waals surface area contributed by atoms with Gasteiger partial charge in [0.25, 0.3) is 0 Å². The predicted octanol–water partition coefficient (Wildman–Crippen LogP) is 2.93. The number of rotatable bonds is 7. The Bertz CT molecular complexity index is 669. The maximum absolute atomic E-state index is 10.7. The molecule has 3 saturated heterocycles. The second-order valence-corrected chi connectivity index (χ2v) is 9.20. The fourth-order valence-electron chi connectivity index (χ4n) is 5.08. The fraction of sp³-hybridized carbons (Fsp3) is 0.708. The summed E-state index contributed by atoms with van der Waals surface area (Å²) in [6, 6.07) is 8.69. The minimum absolute atomic E-state index is 0.330. The van der Waals surface area contributed by atoms with Crippen molar-refractivity contribution in [2.24, 2.45) is 0 Å². The Balaban J connectivity index is 1.21. The monoisotopic (exact) mass is 415 g/mol. The highest BCUT2D eigenvalue weighted by atomic mass is 16.7. The van der Waals surface area contributed by atoms with Gasteiger partial charge in [-0.3, -0.25) is 4.90 Å². The Morgan fingerprint density at radius 3 is 2.43 bits per heavy atom. The van der Waals surface area contributed by atoms with Gasteiger partial charge in [0.2, 0.25) is 0 Å². The molecule has 0 radical (unpaired) electrons. The van der Waals surface area contributed by atoms with E-state index >= 15 is 0 Å². The lowest BCUT2D eigenvalue weighted by Gasteiger charge is -2.36. The molecule has 3 heterocycles. The summed E-state index contributed by atoms with van der Waals surface area (Å²) in [7, 11) is 2.22. The van der Waals surface area contributed by atoms with Crippen LogP contribution in [0.25, 0.3) is 0 Å². The normalized spacial score (nSPS) is 26.0. The van der Waals surface area contributed by atoms with Crippen molar-refractivity contribution in [1.29, 1.82) is 0 Å².